The third-order valence-corrected chi connectivity index (χ3v) is 3.75. The summed E-state index contributed by atoms with van der Waals surface area (Å²) in [5.41, 5.74) is 4.16. The highest BCUT2D eigenvalue weighted by Crippen LogP contribution is 2.22. The van der Waals surface area contributed by atoms with Crippen LogP contribution in [-0.4, -0.2) is 11.2 Å². The van der Waals surface area contributed by atoms with Crippen LogP contribution in [0.4, 0.5) is 0 Å². The smallest absolute Gasteiger partial charge is 0.0723 e. The number of aliphatic hydroxyl groups excluding tert-OH is 1. The van der Waals surface area contributed by atoms with Crippen LogP contribution in [0.3, 0.4) is 0 Å². The Morgan fingerprint density at radius 1 is 1.17 bits per heavy atom. The van der Waals surface area contributed by atoms with E-state index in [0.717, 1.165) is 25.7 Å². The Morgan fingerprint density at radius 3 is 2.56 bits per heavy atom. The summed E-state index contributed by atoms with van der Waals surface area (Å²) in [6, 6.07) is 8.92. The van der Waals surface area contributed by atoms with Crippen molar-refractivity contribution in [3.8, 4) is 0 Å². The molecule has 0 fully saturated rings. The lowest BCUT2D eigenvalue weighted by Gasteiger charge is -2.09. The molecule has 1 aliphatic rings. The van der Waals surface area contributed by atoms with Gasteiger partial charge in [0.1, 0.15) is 0 Å². The van der Waals surface area contributed by atoms with E-state index in [-0.39, 0.29) is 6.10 Å². The molecule has 1 unspecified atom stereocenters. The van der Waals surface area contributed by atoms with Gasteiger partial charge in [-0.2, -0.15) is 0 Å². The van der Waals surface area contributed by atoms with Gasteiger partial charge in [-0.05, 0) is 42.7 Å². The second kappa shape index (κ2) is 6.19. The number of rotatable bonds is 3. The molecular weight excluding hydrogens is 220 g/mol. The van der Waals surface area contributed by atoms with Gasteiger partial charge in [0, 0.05) is 0 Å². The van der Waals surface area contributed by atoms with E-state index in [1.54, 1.807) is 0 Å². The maximum atomic E-state index is 9.78. The van der Waals surface area contributed by atoms with E-state index >= 15 is 0 Å². The summed E-state index contributed by atoms with van der Waals surface area (Å²) >= 11 is 0. The normalized spacial score (nSPS) is 20.7. The molecule has 1 atom stereocenters. The molecule has 0 aliphatic heterocycles. The molecule has 1 aliphatic carbocycles. The van der Waals surface area contributed by atoms with Crippen LogP contribution in [0.1, 0.15) is 56.6 Å². The highest BCUT2D eigenvalue weighted by molar-refractivity contribution is 5.28. The maximum absolute atomic E-state index is 9.78. The fourth-order valence-corrected chi connectivity index (χ4v) is 2.57. The number of allylic oxidation sites excluding steroid dienone is 1. The largest absolute Gasteiger partial charge is 0.389 e. The first kappa shape index (κ1) is 13.4. The van der Waals surface area contributed by atoms with Gasteiger partial charge in [0.15, 0.2) is 0 Å². The zero-order valence-corrected chi connectivity index (χ0v) is 11.5. The lowest BCUT2D eigenvalue weighted by atomic mass is 9.97. The molecule has 0 radical (unpaired) electrons. The van der Waals surface area contributed by atoms with E-state index in [4.69, 9.17) is 0 Å². The van der Waals surface area contributed by atoms with E-state index < -0.39 is 0 Å². The van der Waals surface area contributed by atoms with Crippen molar-refractivity contribution in [3.05, 3.63) is 47.0 Å². The third kappa shape index (κ3) is 3.71. The third-order valence-electron chi connectivity index (χ3n) is 3.75. The second-order valence-electron chi connectivity index (χ2n) is 5.71. The van der Waals surface area contributed by atoms with Crippen molar-refractivity contribution in [3.63, 3.8) is 0 Å². The SMILES string of the molecule is CC(C)c1ccc(CC2=CC(O)CCCC2)cc1. The summed E-state index contributed by atoms with van der Waals surface area (Å²) in [7, 11) is 0. The first-order chi connectivity index (χ1) is 8.65. The van der Waals surface area contributed by atoms with Crippen molar-refractivity contribution in [2.45, 2.75) is 58.0 Å². The topological polar surface area (TPSA) is 20.2 Å². The molecule has 0 spiro atoms. The van der Waals surface area contributed by atoms with Crippen molar-refractivity contribution in [1.82, 2.24) is 0 Å². The van der Waals surface area contributed by atoms with Crippen LogP contribution in [-0.2, 0) is 6.42 Å². The minimum atomic E-state index is -0.225. The molecule has 0 saturated heterocycles. The molecule has 1 aromatic rings. The van der Waals surface area contributed by atoms with Crippen LogP contribution in [0.25, 0.3) is 0 Å². The Hall–Kier alpha value is -1.08. The van der Waals surface area contributed by atoms with Gasteiger partial charge in [-0.1, -0.05) is 56.2 Å². The fraction of sp³-hybridized carbons (Fsp3) is 0.529. The molecule has 98 valence electrons. The van der Waals surface area contributed by atoms with Gasteiger partial charge < -0.3 is 5.11 Å². The summed E-state index contributed by atoms with van der Waals surface area (Å²) in [6.45, 7) is 4.44. The van der Waals surface area contributed by atoms with Crippen LogP contribution < -0.4 is 0 Å². The molecule has 0 aromatic heterocycles. The summed E-state index contributed by atoms with van der Waals surface area (Å²) in [5.74, 6) is 0.595. The minimum Gasteiger partial charge on any atom is -0.389 e. The van der Waals surface area contributed by atoms with Gasteiger partial charge in [-0.15, -0.1) is 0 Å². The van der Waals surface area contributed by atoms with E-state index in [1.165, 1.54) is 23.1 Å². The van der Waals surface area contributed by atoms with E-state index in [2.05, 4.69) is 44.2 Å². The van der Waals surface area contributed by atoms with Crippen molar-refractivity contribution >= 4 is 0 Å². The molecule has 0 amide bonds. The minimum absolute atomic E-state index is 0.225. The van der Waals surface area contributed by atoms with Gasteiger partial charge >= 0.3 is 0 Å². The monoisotopic (exact) mass is 244 g/mol. The standard InChI is InChI=1S/C17H24O/c1-13(2)16-9-7-14(8-10-16)11-15-5-3-4-6-17(18)12-15/h7-10,12-13,17-18H,3-6,11H2,1-2H3. The molecule has 1 heteroatoms. The average molecular weight is 244 g/mol. The molecule has 18 heavy (non-hydrogen) atoms. The van der Waals surface area contributed by atoms with Gasteiger partial charge in [0.25, 0.3) is 0 Å². The van der Waals surface area contributed by atoms with Gasteiger partial charge in [0.2, 0.25) is 0 Å². The maximum Gasteiger partial charge on any atom is 0.0723 e. The second-order valence-corrected chi connectivity index (χ2v) is 5.71. The molecule has 0 bridgehead atoms. The molecule has 1 aromatic carbocycles. The Kier molecular flexibility index (Phi) is 4.60. The highest BCUT2D eigenvalue weighted by Gasteiger charge is 2.10. The molecule has 0 saturated carbocycles. The fourth-order valence-electron chi connectivity index (χ4n) is 2.57. The van der Waals surface area contributed by atoms with Crippen molar-refractivity contribution in [2.75, 3.05) is 0 Å². The summed E-state index contributed by atoms with van der Waals surface area (Å²) in [5, 5.41) is 9.78. The first-order valence-corrected chi connectivity index (χ1v) is 7.11. The summed E-state index contributed by atoms with van der Waals surface area (Å²) < 4.78 is 0. The lowest BCUT2D eigenvalue weighted by Crippen LogP contribution is -2.01. The molecule has 1 nitrogen and oxygen atoms in total. The first-order valence-electron chi connectivity index (χ1n) is 7.11. The number of benzene rings is 1. The van der Waals surface area contributed by atoms with Gasteiger partial charge in [-0.25, -0.2) is 0 Å². The van der Waals surface area contributed by atoms with Crippen LogP contribution in [0.2, 0.25) is 0 Å². The zero-order chi connectivity index (χ0) is 13.0. The predicted octanol–water partition coefficient (Wildman–Crippen LogP) is 4.21. The molecular formula is C17H24O. The summed E-state index contributed by atoms with van der Waals surface area (Å²) in [4.78, 5) is 0. The van der Waals surface area contributed by atoms with Crippen molar-refractivity contribution < 1.29 is 5.11 Å². The molecule has 2 rings (SSSR count). The Morgan fingerprint density at radius 2 is 1.89 bits per heavy atom. The highest BCUT2D eigenvalue weighted by atomic mass is 16.3. The van der Waals surface area contributed by atoms with Gasteiger partial charge in [-0.3, -0.25) is 0 Å². The predicted molar refractivity (Wildman–Crippen MR) is 76.8 cm³/mol. The lowest BCUT2D eigenvalue weighted by molar-refractivity contribution is 0.211. The Labute approximate surface area is 111 Å². The number of hydrogen-bond acceptors (Lipinski definition) is 1. The van der Waals surface area contributed by atoms with Crippen LogP contribution in [0, 0.1) is 0 Å². The Bertz CT molecular complexity index is 400. The van der Waals surface area contributed by atoms with Crippen molar-refractivity contribution in [1.29, 1.82) is 0 Å². The molecule has 0 heterocycles. The zero-order valence-electron chi connectivity index (χ0n) is 11.5. The van der Waals surface area contributed by atoms with Crippen LogP contribution >= 0.6 is 0 Å². The van der Waals surface area contributed by atoms with E-state index in [1.807, 2.05) is 0 Å². The number of aliphatic hydroxyl groups is 1. The summed E-state index contributed by atoms with van der Waals surface area (Å²) in [6.07, 6.45) is 7.27. The average Bonchev–Trinajstić information content (AvgIpc) is 2.54. The molecule has 1 N–H and O–H groups in total. The van der Waals surface area contributed by atoms with E-state index in [9.17, 15) is 5.11 Å². The van der Waals surface area contributed by atoms with Gasteiger partial charge in [0.05, 0.1) is 6.10 Å². The quantitative estimate of drug-likeness (QED) is 0.790. The number of hydrogen-bond donors (Lipinski definition) is 1. The van der Waals surface area contributed by atoms with Crippen LogP contribution in [0.5, 0.6) is 0 Å². The van der Waals surface area contributed by atoms with Crippen molar-refractivity contribution in [2.24, 2.45) is 0 Å². The van der Waals surface area contributed by atoms with Crippen LogP contribution in [0.15, 0.2) is 35.9 Å². The van der Waals surface area contributed by atoms with E-state index in [0.29, 0.717) is 5.92 Å². The Balaban J connectivity index is 2.04.